The Hall–Kier alpha value is -1.68. The van der Waals surface area contributed by atoms with Gasteiger partial charge in [0.15, 0.2) is 0 Å². The van der Waals surface area contributed by atoms with E-state index in [-0.39, 0.29) is 0 Å². The van der Waals surface area contributed by atoms with Crippen LogP contribution in [0, 0.1) is 13.8 Å². The van der Waals surface area contributed by atoms with Gasteiger partial charge in [0.05, 0.1) is 17.1 Å². The SMILES string of the molecule is CCc1c(C)nn(-c2ccnc(CNC3CC3)c2)c1C. The van der Waals surface area contributed by atoms with Crippen LogP contribution in [0.5, 0.6) is 0 Å². The number of nitrogens with zero attached hydrogens (tertiary/aromatic N) is 3. The molecule has 0 amide bonds. The molecule has 0 saturated heterocycles. The zero-order chi connectivity index (χ0) is 14.1. The molecule has 0 radical (unpaired) electrons. The van der Waals surface area contributed by atoms with E-state index < -0.39 is 0 Å². The quantitative estimate of drug-likeness (QED) is 0.908. The predicted molar refractivity (Wildman–Crippen MR) is 80.1 cm³/mol. The fourth-order valence-corrected chi connectivity index (χ4v) is 2.67. The number of aromatic nitrogens is 3. The summed E-state index contributed by atoms with van der Waals surface area (Å²) in [5, 5.41) is 8.17. The molecule has 1 fully saturated rings. The van der Waals surface area contributed by atoms with Crippen molar-refractivity contribution < 1.29 is 0 Å². The highest BCUT2D eigenvalue weighted by Gasteiger charge is 2.20. The number of rotatable bonds is 5. The van der Waals surface area contributed by atoms with Gasteiger partial charge in [-0.15, -0.1) is 0 Å². The summed E-state index contributed by atoms with van der Waals surface area (Å²) in [4.78, 5) is 4.44. The van der Waals surface area contributed by atoms with Gasteiger partial charge in [-0.1, -0.05) is 6.92 Å². The molecule has 1 saturated carbocycles. The van der Waals surface area contributed by atoms with Gasteiger partial charge in [0, 0.05) is 24.5 Å². The van der Waals surface area contributed by atoms with Crippen molar-refractivity contribution in [1.82, 2.24) is 20.1 Å². The molecule has 2 aromatic heterocycles. The Morgan fingerprint density at radius 3 is 2.80 bits per heavy atom. The summed E-state index contributed by atoms with van der Waals surface area (Å²) in [5.74, 6) is 0. The van der Waals surface area contributed by atoms with Crippen LogP contribution in [0.25, 0.3) is 5.69 Å². The number of nitrogens with one attached hydrogen (secondary N) is 1. The lowest BCUT2D eigenvalue weighted by Gasteiger charge is -2.08. The van der Waals surface area contributed by atoms with Crippen LogP contribution in [0.4, 0.5) is 0 Å². The van der Waals surface area contributed by atoms with Crippen molar-refractivity contribution in [1.29, 1.82) is 0 Å². The third kappa shape index (κ3) is 2.61. The van der Waals surface area contributed by atoms with Crippen molar-refractivity contribution in [3.05, 3.63) is 41.0 Å². The second-order valence-corrected chi connectivity index (χ2v) is 5.58. The van der Waals surface area contributed by atoms with Gasteiger partial charge in [0.25, 0.3) is 0 Å². The summed E-state index contributed by atoms with van der Waals surface area (Å²) in [6.07, 6.45) is 5.51. The maximum Gasteiger partial charge on any atom is 0.0682 e. The van der Waals surface area contributed by atoms with Gasteiger partial charge in [0.1, 0.15) is 0 Å². The maximum absolute atomic E-state index is 4.67. The molecule has 1 N–H and O–H groups in total. The molecule has 106 valence electrons. The summed E-state index contributed by atoms with van der Waals surface area (Å²) in [6.45, 7) is 7.25. The number of hydrogen-bond donors (Lipinski definition) is 1. The topological polar surface area (TPSA) is 42.7 Å². The monoisotopic (exact) mass is 270 g/mol. The molecule has 0 unspecified atom stereocenters. The second-order valence-electron chi connectivity index (χ2n) is 5.58. The van der Waals surface area contributed by atoms with Crippen LogP contribution in [0.15, 0.2) is 18.3 Å². The van der Waals surface area contributed by atoms with Gasteiger partial charge >= 0.3 is 0 Å². The van der Waals surface area contributed by atoms with Crippen molar-refractivity contribution in [3.8, 4) is 5.69 Å². The van der Waals surface area contributed by atoms with Crippen LogP contribution in [0.1, 0.15) is 42.4 Å². The zero-order valence-corrected chi connectivity index (χ0v) is 12.5. The molecular weight excluding hydrogens is 248 g/mol. The summed E-state index contributed by atoms with van der Waals surface area (Å²) in [5.41, 5.74) is 5.89. The molecule has 2 heterocycles. The third-order valence-electron chi connectivity index (χ3n) is 3.99. The average molecular weight is 270 g/mol. The predicted octanol–water partition coefficient (Wildman–Crippen LogP) is 2.70. The van der Waals surface area contributed by atoms with E-state index in [9.17, 15) is 0 Å². The number of aryl methyl sites for hydroxylation is 1. The van der Waals surface area contributed by atoms with Gasteiger partial charge in [-0.05, 0) is 50.8 Å². The van der Waals surface area contributed by atoms with Gasteiger partial charge < -0.3 is 5.32 Å². The van der Waals surface area contributed by atoms with E-state index in [0.29, 0.717) is 6.04 Å². The highest BCUT2D eigenvalue weighted by Crippen LogP contribution is 2.20. The smallest absolute Gasteiger partial charge is 0.0682 e. The molecule has 2 aromatic rings. The molecule has 4 nitrogen and oxygen atoms in total. The molecule has 3 rings (SSSR count). The fraction of sp³-hybridized carbons (Fsp3) is 0.500. The maximum atomic E-state index is 4.67. The molecule has 0 spiro atoms. The van der Waals surface area contributed by atoms with E-state index in [1.807, 2.05) is 16.9 Å². The van der Waals surface area contributed by atoms with E-state index >= 15 is 0 Å². The van der Waals surface area contributed by atoms with Crippen LogP contribution in [0.3, 0.4) is 0 Å². The largest absolute Gasteiger partial charge is 0.308 e. The Morgan fingerprint density at radius 1 is 1.35 bits per heavy atom. The van der Waals surface area contributed by atoms with E-state index in [4.69, 9.17) is 0 Å². The Kier molecular flexibility index (Phi) is 3.57. The Balaban J connectivity index is 1.87. The van der Waals surface area contributed by atoms with Crippen molar-refractivity contribution in [2.45, 2.75) is 52.6 Å². The minimum absolute atomic E-state index is 0.709. The van der Waals surface area contributed by atoms with Crippen LogP contribution < -0.4 is 5.32 Å². The first-order chi connectivity index (χ1) is 9.69. The van der Waals surface area contributed by atoms with Crippen molar-refractivity contribution in [3.63, 3.8) is 0 Å². The molecule has 4 heteroatoms. The Labute approximate surface area is 120 Å². The van der Waals surface area contributed by atoms with E-state index in [1.54, 1.807) is 0 Å². The molecule has 0 atom stereocenters. The van der Waals surface area contributed by atoms with Gasteiger partial charge in [-0.2, -0.15) is 5.10 Å². The summed E-state index contributed by atoms with van der Waals surface area (Å²) >= 11 is 0. The van der Waals surface area contributed by atoms with E-state index in [0.717, 1.165) is 30.0 Å². The van der Waals surface area contributed by atoms with Gasteiger partial charge in [-0.25, -0.2) is 4.68 Å². The van der Waals surface area contributed by atoms with Crippen molar-refractivity contribution in [2.24, 2.45) is 0 Å². The van der Waals surface area contributed by atoms with Crippen molar-refractivity contribution >= 4 is 0 Å². The first-order valence-electron chi connectivity index (χ1n) is 7.42. The standard InChI is InChI=1S/C16H22N4/c1-4-16-11(2)19-20(12(16)3)15-7-8-17-14(9-15)10-18-13-5-6-13/h7-9,13,18H,4-6,10H2,1-3H3. The lowest BCUT2D eigenvalue weighted by atomic mass is 10.1. The van der Waals surface area contributed by atoms with Gasteiger partial charge in [-0.3, -0.25) is 4.98 Å². The molecule has 20 heavy (non-hydrogen) atoms. The highest BCUT2D eigenvalue weighted by atomic mass is 15.3. The van der Waals surface area contributed by atoms with Crippen LogP contribution in [0.2, 0.25) is 0 Å². The Morgan fingerprint density at radius 2 is 2.15 bits per heavy atom. The minimum Gasteiger partial charge on any atom is -0.308 e. The summed E-state index contributed by atoms with van der Waals surface area (Å²) in [7, 11) is 0. The Bertz CT molecular complexity index is 611. The molecular formula is C16H22N4. The van der Waals surface area contributed by atoms with E-state index in [1.165, 1.54) is 24.1 Å². The van der Waals surface area contributed by atoms with Crippen LogP contribution in [-0.4, -0.2) is 20.8 Å². The molecule has 0 aliphatic heterocycles. The normalized spacial score (nSPS) is 14.8. The third-order valence-corrected chi connectivity index (χ3v) is 3.99. The first-order valence-corrected chi connectivity index (χ1v) is 7.42. The minimum atomic E-state index is 0.709. The number of hydrogen-bond acceptors (Lipinski definition) is 3. The van der Waals surface area contributed by atoms with Crippen LogP contribution in [-0.2, 0) is 13.0 Å². The highest BCUT2D eigenvalue weighted by molar-refractivity contribution is 5.37. The fourth-order valence-electron chi connectivity index (χ4n) is 2.67. The molecule has 0 bridgehead atoms. The number of pyridine rings is 1. The van der Waals surface area contributed by atoms with Crippen molar-refractivity contribution in [2.75, 3.05) is 0 Å². The second kappa shape index (κ2) is 5.37. The zero-order valence-electron chi connectivity index (χ0n) is 12.5. The molecule has 0 aromatic carbocycles. The molecule has 1 aliphatic rings. The average Bonchev–Trinajstić information content (AvgIpc) is 3.23. The van der Waals surface area contributed by atoms with Crippen LogP contribution >= 0.6 is 0 Å². The summed E-state index contributed by atoms with van der Waals surface area (Å²) < 4.78 is 2.04. The lowest BCUT2D eigenvalue weighted by molar-refractivity contribution is 0.673. The van der Waals surface area contributed by atoms with Gasteiger partial charge in [0.2, 0.25) is 0 Å². The van der Waals surface area contributed by atoms with E-state index in [2.05, 4.69) is 42.2 Å². The summed E-state index contributed by atoms with van der Waals surface area (Å²) in [6, 6.07) is 4.87. The first kappa shape index (κ1) is 13.3. The molecule has 1 aliphatic carbocycles. The lowest BCUT2D eigenvalue weighted by Crippen LogP contribution is -2.16.